The van der Waals surface area contributed by atoms with Crippen molar-refractivity contribution in [1.29, 1.82) is 0 Å². The molecule has 36 heavy (non-hydrogen) atoms. The van der Waals surface area contributed by atoms with Crippen LogP contribution in [0, 0.1) is 0 Å². The van der Waals surface area contributed by atoms with Crippen molar-refractivity contribution >= 4 is 16.0 Å². The summed E-state index contributed by atoms with van der Waals surface area (Å²) in [6, 6.07) is 1.64. The van der Waals surface area contributed by atoms with Gasteiger partial charge in [0.25, 0.3) is 5.56 Å². The van der Waals surface area contributed by atoms with Gasteiger partial charge in [-0.15, -0.1) is 10.2 Å². The van der Waals surface area contributed by atoms with Gasteiger partial charge in [0.15, 0.2) is 11.5 Å². The number of H-pyrrole nitrogens is 1. The molecule has 0 aliphatic rings. The van der Waals surface area contributed by atoms with Crippen LogP contribution < -0.4 is 19.8 Å². The Morgan fingerprint density at radius 1 is 1.08 bits per heavy atom. The molecule has 15 nitrogen and oxygen atoms in total. The fourth-order valence-electron chi connectivity index (χ4n) is 3.38. The lowest BCUT2D eigenvalue weighted by atomic mass is 10.1. The van der Waals surface area contributed by atoms with E-state index in [1.165, 1.54) is 49.1 Å². The number of ether oxygens (including phenoxy) is 2. The van der Waals surface area contributed by atoms with Gasteiger partial charge in [-0.25, -0.2) is 23.0 Å². The van der Waals surface area contributed by atoms with E-state index in [4.69, 9.17) is 9.47 Å². The van der Waals surface area contributed by atoms with Gasteiger partial charge in [-0.1, -0.05) is 6.92 Å². The van der Waals surface area contributed by atoms with Gasteiger partial charge in [-0.2, -0.15) is 5.10 Å². The molecule has 4 rings (SSSR count). The van der Waals surface area contributed by atoms with Crippen LogP contribution in [-0.4, -0.2) is 72.4 Å². The minimum Gasteiger partial charge on any atom is -0.480 e. The van der Waals surface area contributed by atoms with E-state index in [0.717, 1.165) is 0 Å². The topological polar surface area (TPSA) is 185 Å². The number of hydrogen-bond acceptors (Lipinski definition) is 11. The highest BCUT2D eigenvalue weighted by Gasteiger charge is 2.32. The van der Waals surface area contributed by atoms with E-state index < -0.39 is 26.8 Å². The predicted octanol–water partition coefficient (Wildman–Crippen LogP) is 0.492. The van der Waals surface area contributed by atoms with E-state index in [2.05, 4.69) is 40.0 Å². The highest BCUT2D eigenvalue weighted by Crippen LogP contribution is 2.29. The molecule has 0 spiro atoms. The molecule has 4 heterocycles. The molecule has 0 bridgehead atoms. The average molecular weight is 517 g/mol. The number of hydrogen-bond donors (Lipinski definition) is 2. The summed E-state index contributed by atoms with van der Waals surface area (Å²) in [7, 11) is 0.423. The van der Waals surface area contributed by atoms with E-state index >= 15 is 0 Å². The molecule has 0 amide bonds. The first-order valence-electron chi connectivity index (χ1n) is 10.6. The summed E-state index contributed by atoms with van der Waals surface area (Å²) in [5, 5.41) is 11.4. The molecular formula is C20H24N10O5S. The molecule has 0 aliphatic heterocycles. The van der Waals surface area contributed by atoms with Gasteiger partial charge in [-0.05, 0) is 13.0 Å². The minimum absolute atomic E-state index is 0.0638. The normalized spacial score (nSPS) is 13.2. The summed E-state index contributed by atoms with van der Waals surface area (Å²) in [5.41, 5.74) is 0.0737. The van der Waals surface area contributed by atoms with Crippen LogP contribution in [0.1, 0.15) is 25.5 Å². The van der Waals surface area contributed by atoms with Crippen LogP contribution in [0.15, 0.2) is 35.8 Å². The van der Waals surface area contributed by atoms with E-state index in [-0.39, 0.29) is 23.3 Å². The quantitative estimate of drug-likeness (QED) is 0.315. The Labute approximate surface area is 205 Å². The Morgan fingerprint density at radius 3 is 2.47 bits per heavy atom. The summed E-state index contributed by atoms with van der Waals surface area (Å²) >= 11 is 0. The largest absolute Gasteiger partial charge is 0.480 e. The minimum atomic E-state index is -4.07. The first-order chi connectivity index (χ1) is 17.2. The summed E-state index contributed by atoms with van der Waals surface area (Å²) in [5.74, 6) is -0.445. The second-order valence-electron chi connectivity index (χ2n) is 7.77. The molecule has 190 valence electrons. The van der Waals surface area contributed by atoms with Crippen LogP contribution in [0.4, 0.5) is 5.95 Å². The third kappa shape index (κ3) is 4.61. The standard InChI is InChI=1S/C20H24N10O5S/c1-11(14-8-22-15(34-4)9-21-14)12(2)36(32,33)28-20-26-25-17(13-6-7-29(3)27-13)30(20)16-18(31)23-10-24-19(16)35-5/h6-12H,1-5H3,(H,26,28)(H,23,24,31). The zero-order chi connectivity index (χ0) is 26.0. The number of nitrogens with one attached hydrogen (secondary N) is 2. The molecule has 16 heteroatoms. The van der Waals surface area contributed by atoms with Crippen molar-refractivity contribution < 1.29 is 17.9 Å². The molecule has 0 saturated heterocycles. The van der Waals surface area contributed by atoms with Crippen LogP contribution in [0.3, 0.4) is 0 Å². The summed E-state index contributed by atoms with van der Waals surface area (Å²) in [4.78, 5) is 27.6. The Hall–Kier alpha value is -4.34. The third-order valence-corrected chi connectivity index (χ3v) is 7.42. The van der Waals surface area contributed by atoms with Crippen molar-refractivity contribution in [1.82, 2.24) is 44.5 Å². The maximum Gasteiger partial charge on any atom is 0.279 e. The number of rotatable bonds is 9. The van der Waals surface area contributed by atoms with E-state index in [1.54, 1.807) is 26.2 Å². The monoisotopic (exact) mass is 516 g/mol. The Kier molecular flexibility index (Phi) is 6.69. The third-order valence-electron chi connectivity index (χ3n) is 5.57. The van der Waals surface area contributed by atoms with Gasteiger partial charge in [-0.3, -0.25) is 19.2 Å². The van der Waals surface area contributed by atoms with Gasteiger partial charge < -0.3 is 14.5 Å². The molecule has 2 N–H and O–H groups in total. The van der Waals surface area contributed by atoms with Gasteiger partial charge in [0.1, 0.15) is 5.69 Å². The maximum absolute atomic E-state index is 13.4. The fourth-order valence-corrected chi connectivity index (χ4v) is 4.63. The molecular weight excluding hydrogens is 492 g/mol. The van der Waals surface area contributed by atoms with Crippen LogP contribution in [0.2, 0.25) is 0 Å². The average Bonchev–Trinajstić information content (AvgIpc) is 3.48. The van der Waals surface area contributed by atoms with E-state index in [1.807, 2.05) is 0 Å². The van der Waals surface area contributed by atoms with E-state index in [9.17, 15) is 13.2 Å². The SMILES string of the molecule is COc1cnc(C(C)C(C)S(=O)(=O)Nc2nnc(-c3ccn(C)n3)n2-c2c(OC)nc[nH]c2=O)cn1. The van der Waals surface area contributed by atoms with Gasteiger partial charge in [0.05, 0.1) is 43.9 Å². The summed E-state index contributed by atoms with van der Waals surface area (Å²) in [6.07, 6.45) is 5.70. The van der Waals surface area contributed by atoms with Crippen LogP contribution in [0.5, 0.6) is 11.8 Å². The molecule has 0 saturated carbocycles. The van der Waals surface area contributed by atoms with Crippen molar-refractivity contribution in [3.63, 3.8) is 0 Å². The van der Waals surface area contributed by atoms with Crippen LogP contribution >= 0.6 is 0 Å². The lowest BCUT2D eigenvalue weighted by Gasteiger charge is -2.20. The van der Waals surface area contributed by atoms with Crippen LogP contribution in [-0.2, 0) is 17.1 Å². The van der Waals surface area contributed by atoms with Crippen molar-refractivity contribution in [2.75, 3.05) is 18.9 Å². The van der Waals surface area contributed by atoms with E-state index in [0.29, 0.717) is 17.3 Å². The molecule has 0 aromatic carbocycles. The number of aryl methyl sites for hydroxylation is 1. The molecule has 0 aliphatic carbocycles. The Morgan fingerprint density at radius 2 is 1.86 bits per heavy atom. The molecule has 2 atom stereocenters. The van der Waals surface area contributed by atoms with Crippen molar-refractivity contribution in [2.24, 2.45) is 7.05 Å². The first kappa shape index (κ1) is 24.8. The van der Waals surface area contributed by atoms with Crippen molar-refractivity contribution in [3.05, 3.63) is 47.0 Å². The Bertz CT molecular complexity index is 1530. The zero-order valence-electron chi connectivity index (χ0n) is 20.1. The fraction of sp³-hybridized carbons (Fsp3) is 0.350. The van der Waals surface area contributed by atoms with Crippen molar-refractivity contribution in [2.45, 2.75) is 25.0 Å². The lowest BCUT2D eigenvalue weighted by molar-refractivity contribution is 0.394. The number of sulfonamides is 1. The second-order valence-corrected chi connectivity index (χ2v) is 9.81. The second kappa shape index (κ2) is 9.73. The highest BCUT2D eigenvalue weighted by molar-refractivity contribution is 7.93. The first-order valence-corrected chi connectivity index (χ1v) is 12.2. The number of methoxy groups -OCH3 is 2. The lowest BCUT2D eigenvalue weighted by Crippen LogP contribution is -2.31. The van der Waals surface area contributed by atoms with Gasteiger partial charge in [0, 0.05) is 19.2 Å². The molecule has 4 aromatic heterocycles. The summed E-state index contributed by atoms with van der Waals surface area (Å²) < 4.78 is 42.2. The number of nitrogens with zero attached hydrogens (tertiary/aromatic N) is 8. The maximum atomic E-state index is 13.4. The number of anilines is 1. The summed E-state index contributed by atoms with van der Waals surface area (Å²) in [6.45, 7) is 3.23. The molecule has 0 radical (unpaired) electrons. The van der Waals surface area contributed by atoms with Crippen molar-refractivity contribution in [3.8, 4) is 29.0 Å². The van der Waals surface area contributed by atoms with Crippen LogP contribution in [0.25, 0.3) is 17.2 Å². The number of aromatic amines is 1. The highest BCUT2D eigenvalue weighted by atomic mass is 32.2. The molecule has 0 fully saturated rings. The molecule has 2 unspecified atom stereocenters. The smallest absolute Gasteiger partial charge is 0.279 e. The predicted molar refractivity (Wildman–Crippen MR) is 128 cm³/mol. The van der Waals surface area contributed by atoms with Gasteiger partial charge >= 0.3 is 0 Å². The molecule has 4 aromatic rings. The van der Waals surface area contributed by atoms with Gasteiger partial charge in [0.2, 0.25) is 27.7 Å². The number of aromatic nitrogens is 9. The Balaban J connectivity index is 1.77. The zero-order valence-corrected chi connectivity index (χ0v) is 20.9.